The minimum absolute atomic E-state index is 0.198. The molecule has 0 aliphatic carbocycles. The molecule has 98 valence electrons. The van der Waals surface area contributed by atoms with Gasteiger partial charge in [-0.1, -0.05) is 29.8 Å². The minimum Gasteiger partial charge on any atom is -0.445 e. The lowest BCUT2D eigenvalue weighted by atomic mass is 10.2. The number of aryl methyl sites for hydroxylation is 1. The van der Waals surface area contributed by atoms with Crippen LogP contribution in [0.15, 0.2) is 24.3 Å². The van der Waals surface area contributed by atoms with E-state index in [1.807, 2.05) is 38.1 Å². The number of hydrogen-bond acceptors (Lipinski definition) is 3. The average molecular weight is 248 g/mol. The van der Waals surface area contributed by atoms with Crippen LogP contribution in [0.5, 0.6) is 0 Å². The third-order valence-electron chi connectivity index (χ3n) is 3.22. The average Bonchev–Trinajstić information content (AvgIpc) is 2.38. The Labute approximate surface area is 108 Å². The first-order valence-electron chi connectivity index (χ1n) is 6.36. The summed E-state index contributed by atoms with van der Waals surface area (Å²) in [5.41, 5.74) is 2.23. The fourth-order valence-electron chi connectivity index (χ4n) is 2.02. The first-order valence-corrected chi connectivity index (χ1v) is 6.36. The van der Waals surface area contributed by atoms with Crippen molar-refractivity contribution >= 4 is 6.09 Å². The highest BCUT2D eigenvalue weighted by Crippen LogP contribution is 2.09. The van der Waals surface area contributed by atoms with Crippen LogP contribution in [-0.4, -0.2) is 36.7 Å². The number of carbonyl (C=O) groups excluding carboxylic acids is 1. The molecule has 1 saturated heterocycles. The van der Waals surface area contributed by atoms with E-state index < -0.39 is 0 Å². The van der Waals surface area contributed by atoms with Crippen LogP contribution in [0.4, 0.5) is 4.79 Å². The van der Waals surface area contributed by atoms with Gasteiger partial charge < -0.3 is 15.0 Å². The molecule has 0 spiro atoms. The number of nitrogens with one attached hydrogen (secondary N) is 1. The van der Waals surface area contributed by atoms with Crippen LogP contribution >= 0.6 is 0 Å². The monoisotopic (exact) mass is 248 g/mol. The van der Waals surface area contributed by atoms with Crippen LogP contribution in [-0.2, 0) is 11.3 Å². The summed E-state index contributed by atoms with van der Waals surface area (Å²) in [6.07, 6.45) is -0.218. The van der Waals surface area contributed by atoms with Gasteiger partial charge in [0.25, 0.3) is 0 Å². The Bertz CT molecular complexity index is 403. The molecular weight excluding hydrogens is 228 g/mol. The Morgan fingerprint density at radius 1 is 1.44 bits per heavy atom. The topological polar surface area (TPSA) is 41.6 Å². The maximum absolute atomic E-state index is 11.9. The number of piperazine rings is 1. The third-order valence-corrected chi connectivity index (χ3v) is 3.22. The van der Waals surface area contributed by atoms with Gasteiger partial charge in [-0.05, 0) is 19.4 Å². The van der Waals surface area contributed by atoms with Gasteiger partial charge in [-0.2, -0.15) is 0 Å². The van der Waals surface area contributed by atoms with Crippen LogP contribution < -0.4 is 5.32 Å². The van der Waals surface area contributed by atoms with Crippen LogP contribution in [0.2, 0.25) is 0 Å². The summed E-state index contributed by atoms with van der Waals surface area (Å²) < 4.78 is 5.34. The predicted octanol–water partition coefficient (Wildman–Crippen LogP) is 1.93. The normalized spacial score (nSPS) is 19.7. The lowest BCUT2D eigenvalue weighted by molar-refractivity contribution is 0.0759. The zero-order valence-corrected chi connectivity index (χ0v) is 11.0. The predicted molar refractivity (Wildman–Crippen MR) is 70.4 cm³/mol. The zero-order valence-electron chi connectivity index (χ0n) is 11.0. The summed E-state index contributed by atoms with van der Waals surface area (Å²) in [6, 6.07) is 8.23. The fraction of sp³-hybridized carbons (Fsp3) is 0.500. The number of hydrogen-bond donors (Lipinski definition) is 1. The van der Waals surface area contributed by atoms with Crippen molar-refractivity contribution in [2.75, 3.05) is 19.6 Å². The zero-order chi connectivity index (χ0) is 13.0. The second kappa shape index (κ2) is 5.87. The van der Waals surface area contributed by atoms with Crippen molar-refractivity contribution in [3.05, 3.63) is 35.4 Å². The number of ether oxygens (including phenoxy) is 1. The highest BCUT2D eigenvalue weighted by atomic mass is 16.6. The van der Waals surface area contributed by atoms with E-state index in [0.717, 1.165) is 18.7 Å². The molecule has 2 rings (SSSR count). The molecule has 18 heavy (non-hydrogen) atoms. The number of amides is 1. The second-order valence-electron chi connectivity index (χ2n) is 4.79. The van der Waals surface area contributed by atoms with Crippen molar-refractivity contribution in [2.45, 2.75) is 26.5 Å². The van der Waals surface area contributed by atoms with Gasteiger partial charge in [0.15, 0.2) is 0 Å². The molecule has 1 amide bonds. The molecule has 1 heterocycles. The van der Waals surface area contributed by atoms with Gasteiger partial charge in [0.05, 0.1) is 0 Å². The summed E-state index contributed by atoms with van der Waals surface area (Å²) >= 11 is 0. The van der Waals surface area contributed by atoms with Crippen LogP contribution in [0, 0.1) is 6.92 Å². The lowest BCUT2D eigenvalue weighted by Crippen LogP contribution is -2.52. The van der Waals surface area contributed by atoms with Gasteiger partial charge in [-0.25, -0.2) is 4.79 Å². The molecule has 4 heteroatoms. The standard InChI is InChI=1S/C14H20N2O2/c1-11-3-5-13(6-4-11)10-18-14(17)16-8-7-15-9-12(16)2/h3-6,12,15H,7-10H2,1-2H3. The van der Waals surface area contributed by atoms with Crippen molar-refractivity contribution in [3.63, 3.8) is 0 Å². The maximum Gasteiger partial charge on any atom is 0.410 e. The fourth-order valence-corrected chi connectivity index (χ4v) is 2.02. The van der Waals surface area contributed by atoms with Gasteiger partial charge in [0.1, 0.15) is 6.61 Å². The highest BCUT2D eigenvalue weighted by molar-refractivity contribution is 5.68. The molecule has 0 bridgehead atoms. The lowest BCUT2D eigenvalue weighted by Gasteiger charge is -2.32. The molecule has 1 unspecified atom stereocenters. The molecule has 1 aliphatic heterocycles. The summed E-state index contributed by atoms with van der Waals surface area (Å²) in [6.45, 7) is 6.80. The summed E-state index contributed by atoms with van der Waals surface area (Å²) in [5.74, 6) is 0. The van der Waals surface area contributed by atoms with E-state index in [2.05, 4.69) is 5.32 Å². The highest BCUT2D eigenvalue weighted by Gasteiger charge is 2.23. The Morgan fingerprint density at radius 2 is 2.17 bits per heavy atom. The summed E-state index contributed by atoms with van der Waals surface area (Å²) in [7, 11) is 0. The van der Waals surface area contributed by atoms with Crippen LogP contribution in [0.3, 0.4) is 0 Å². The molecule has 1 aromatic rings. The summed E-state index contributed by atoms with van der Waals surface area (Å²) in [5, 5.41) is 3.25. The van der Waals surface area contributed by atoms with Gasteiger partial charge in [0.2, 0.25) is 0 Å². The third kappa shape index (κ3) is 3.23. The Morgan fingerprint density at radius 3 is 2.83 bits per heavy atom. The van der Waals surface area contributed by atoms with E-state index in [9.17, 15) is 4.79 Å². The molecule has 1 atom stereocenters. The van der Waals surface area contributed by atoms with E-state index in [1.165, 1.54) is 5.56 Å². The molecule has 0 aromatic heterocycles. The number of benzene rings is 1. The molecule has 1 aliphatic rings. The Balaban J connectivity index is 1.85. The van der Waals surface area contributed by atoms with Gasteiger partial charge in [-0.15, -0.1) is 0 Å². The van der Waals surface area contributed by atoms with Crippen LogP contribution in [0.25, 0.3) is 0 Å². The van der Waals surface area contributed by atoms with E-state index in [4.69, 9.17) is 4.74 Å². The number of nitrogens with zero attached hydrogens (tertiary/aromatic N) is 1. The number of carbonyl (C=O) groups is 1. The van der Waals surface area contributed by atoms with Crippen molar-refractivity contribution in [1.29, 1.82) is 0 Å². The quantitative estimate of drug-likeness (QED) is 0.869. The minimum atomic E-state index is -0.218. The van der Waals surface area contributed by atoms with Gasteiger partial charge in [-0.3, -0.25) is 0 Å². The molecule has 1 N–H and O–H groups in total. The smallest absolute Gasteiger partial charge is 0.410 e. The van der Waals surface area contributed by atoms with E-state index in [1.54, 1.807) is 4.90 Å². The van der Waals surface area contributed by atoms with Crippen molar-refractivity contribution in [2.24, 2.45) is 0 Å². The van der Waals surface area contributed by atoms with Crippen molar-refractivity contribution in [1.82, 2.24) is 10.2 Å². The van der Waals surface area contributed by atoms with Crippen molar-refractivity contribution < 1.29 is 9.53 Å². The van der Waals surface area contributed by atoms with Crippen LogP contribution in [0.1, 0.15) is 18.1 Å². The molecular formula is C14H20N2O2. The molecule has 1 aromatic carbocycles. The molecule has 4 nitrogen and oxygen atoms in total. The molecule has 0 radical (unpaired) electrons. The Kier molecular flexibility index (Phi) is 4.20. The van der Waals surface area contributed by atoms with Gasteiger partial charge in [0, 0.05) is 25.7 Å². The van der Waals surface area contributed by atoms with Gasteiger partial charge >= 0.3 is 6.09 Å². The first kappa shape index (κ1) is 12.9. The SMILES string of the molecule is Cc1ccc(COC(=O)N2CCNCC2C)cc1. The number of rotatable bonds is 2. The molecule has 0 saturated carbocycles. The summed E-state index contributed by atoms with van der Waals surface area (Å²) in [4.78, 5) is 13.7. The second-order valence-corrected chi connectivity index (χ2v) is 4.79. The largest absolute Gasteiger partial charge is 0.445 e. The van der Waals surface area contributed by atoms with E-state index in [0.29, 0.717) is 13.2 Å². The molecule has 1 fully saturated rings. The Hall–Kier alpha value is -1.55. The van der Waals surface area contributed by atoms with Crippen molar-refractivity contribution in [3.8, 4) is 0 Å². The first-order chi connectivity index (χ1) is 8.66. The van der Waals surface area contributed by atoms with E-state index in [-0.39, 0.29) is 12.1 Å². The van der Waals surface area contributed by atoms with E-state index >= 15 is 0 Å². The maximum atomic E-state index is 11.9.